The zero-order valence-electron chi connectivity index (χ0n) is 26.2. The lowest BCUT2D eigenvalue weighted by atomic mass is 9.93. The Morgan fingerprint density at radius 1 is 1.06 bits per heavy atom. The number of aryl methyl sites for hydroxylation is 2. The average molecular weight is 679 g/mol. The number of hydrogen-bond acceptors (Lipinski definition) is 7. The van der Waals surface area contributed by atoms with Crippen molar-refractivity contribution in [3.63, 3.8) is 0 Å². The molecule has 0 saturated carbocycles. The largest absolute Gasteiger partial charge is 0.493 e. The van der Waals surface area contributed by atoms with Gasteiger partial charge in [0.05, 0.1) is 6.61 Å². The van der Waals surface area contributed by atoms with Crippen molar-refractivity contribution in [2.45, 2.75) is 58.3 Å². The number of halogens is 3. The Hall–Kier alpha value is -4.75. The van der Waals surface area contributed by atoms with Gasteiger partial charge in [0.2, 0.25) is 0 Å². The summed E-state index contributed by atoms with van der Waals surface area (Å²) in [5.74, 6) is -2.62. The highest BCUT2D eigenvalue weighted by atomic mass is 32.1. The van der Waals surface area contributed by atoms with Crippen molar-refractivity contribution < 1.29 is 37.4 Å². The smallest absolute Gasteiger partial charge is 0.408 e. The molecule has 1 saturated heterocycles. The Labute approximate surface area is 278 Å². The number of aromatic nitrogens is 1. The van der Waals surface area contributed by atoms with Crippen molar-refractivity contribution in [1.82, 2.24) is 9.88 Å². The van der Waals surface area contributed by atoms with E-state index < -0.39 is 41.4 Å². The van der Waals surface area contributed by atoms with E-state index in [4.69, 9.17) is 10.5 Å². The summed E-state index contributed by atoms with van der Waals surface area (Å²) in [6.07, 6.45) is -3.55. The molecule has 1 fully saturated rings. The van der Waals surface area contributed by atoms with Crippen LogP contribution in [0.2, 0.25) is 0 Å². The first-order valence-electron chi connectivity index (χ1n) is 15.5. The quantitative estimate of drug-likeness (QED) is 0.200. The molecule has 6 rings (SSSR count). The molecule has 9 nitrogen and oxygen atoms in total. The van der Waals surface area contributed by atoms with Gasteiger partial charge in [0.25, 0.3) is 11.8 Å². The molecule has 2 aromatic carbocycles. The van der Waals surface area contributed by atoms with E-state index in [1.54, 1.807) is 12.1 Å². The number of carboxylic acid groups (broad SMARTS) is 1. The number of likely N-dealkylation sites (tertiary alicyclic amines) is 1. The maximum absolute atomic E-state index is 14.2. The molecule has 0 bridgehead atoms. The third-order valence-corrected chi connectivity index (χ3v) is 9.79. The SMILES string of the molecule is Cc1cc(CN)cc(C)c1NC(=O)c1cc2c(cc1-c1ccc(C(=O)N3CCCC[C@H]3C(F)(F)F)nc1C(=O)O)OCCc1ccsc1-2. The van der Waals surface area contributed by atoms with E-state index in [2.05, 4.69) is 10.3 Å². The number of amides is 2. The number of nitrogens with two attached hydrogens (primary N) is 1. The number of hydrogen-bond donors (Lipinski definition) is 3. The molecule has 2 aliphatic heterocycles. The van der Waals surface area contributed by atoms with Gasteiger partial charge >= 0.3 is 12.1 Å². The number of carbonyl (C=O) groups excluding carboxylic acids is 2. The summed E-state index contributed by atoms with van der Waals surface area (Å²) in [7, 11) is 0. The topological polar surface area (TPSA) is 135 Å². The number of anilines is 1. The number of carbonyl (C=O) groups is 3. The van der Waals surface area contributed by atoms with Gasteiger partial charge in [-0.15, -0.1) is 11.3 Å². The molecule has 2 amide bonds. The van der Waals surface area contributed by atoms with Gasteiger partial charge in [-0.1, -0.05) is 12.1 Å². The van der Waals surface area contributed by atoms with Gasteiger partial charge in [0, 0.05) is 52.3 Å². The zero-order valence-corrected chi connectivity index (χ0v) is 27.1. The molecule has 2 aromatic heterocycles. The molecular formula is C35H33F3N4O5S. The Morgan fingerprint density at radius 2 is 1.81 bits per heavy atom. The highest BCUT2D eigenvalue weighted by molar-refractivity contribution is 7.13. The van der Waals surface area contributed by atoms with E-state index in [1.807, 2.05) is 37.4 Å². The lowest BCUT2D eigenvalue weighted by molar-refractivity contribution is -0.183. The number of thiophene rings is 1. The van der Waals surface area contributed by atoms with E-state index in [-0.39, 0.29) is 29.7 Å². The summed E-state index contributed by atoms with van der Waals surface area (Å²) in [6.45, 7) is 4.24. The summed E-state index contributed by atoms with van der Waals surface area (Å²) in [5, 5.41) is 15.2. The highest BCUT2D eigenvalue weighted by Gasteiger charge is 2.46. The van der Waals surface area contributed by atoms with Gasteiger partial charge in [-0.05, 0) is 91.1 Å². The van der Waals surface area contributed by atoms with Crippen molar-refractivity contribution in [2.24, 2.45) is 5.73 Å². The third-order valence-electron chi connectivity index (χ3n) is 8.80. The molecule has 0 spiro atoms. The number of piperidine rings is 1. The van der Waals surface area contributed by atoms with Crippen LogP contribution in [0.15, 0.2) is 47.8 Å². The fourth-order valence-corrected chi connectivity index (χ4v) is 7.47. The first-order chi connectivity index (χ1) is 22.9. The third kappa shape index (κ3) is 6.27. The van der Waals surface area contributed by atoms with Gasteiger partial charge in [0.1, 0.15) is 17.5 Å². The van der Waals surface area contributed by atoms with Crippen LogP contribution in [0.3, 0.4) is 0 Å². The number of carboxylic acids is 1. The molecular weight excluding hydrogens is 645 g/mol. The van der Waals surface area contributed by atoms with Crippen molar-refractivity contribution in [2.75, 3.05) is 18.5 Å². The van der Waals surface area contributed by atoms with Gasteiger partial charge < -0.3 is 25.8 Å². The standard InChI is InChI=1S/C35H33F3N4O5S/c1-18-13-20(17-39)14-19(2)29(18)41-32(43)24-15-25-27(47-11-8-21-9-12-48-31(21)25)16-23(24)22-6-7-26(40-30(22)34(45)46)33(44)42-10-4-3-5-28(42)35(36,37)38/h6-7,9,12-16,28H,3-5,8,10-11,17,39H2,1-2H3,(H,41,43)(H,45,46)/t28-/m0/s1. The van der Waals surface area contributed by atoms with Crippen LogP contribution in [0.4, 0.5) is 18.9 Å². The highest BCUT2D eigenvalue weighted by Crippen LogP contribution is 2.43. The molecule has 1 atom stereocenters. The predicted molar refractivity (Wildman–Crippen MR) is 176 cm³/mol. The number of rotatable bonds is 6. The van der Waals surface area contributed by atoms with Crippen molar-refractivity contribution in [3.8, 4) is 27.3 Å². The number of nitrogens with one attached hydrogen (secondary N) is 1. The molecule has 13 heteroatoms. The van der Waals surface area contributed by atoms with Crippen LogP contribution in [0.25, 0.3) is 21.6 Å². The Bertz CT molecular complexity index is 1920. The number of pyridine rings is 1. The van der Waals surface area contributed by atoms with Crippen LogP contribution < -0.4 is 15.8 Å². The number of nitrogens with zero attached hydrogens (tertiary/aromatic N) is 2. The molecule has 0 radical (unpaired) electrons. The summed E-state index contributed by atoms with van der Waals surface area (Å²) >= 11 is 1.49. The number of aromatic carboxylic acids is 1. The maximum Gasteiger partial charge on any atom is 0.408 e. The Morgan fingerprint density at radius 3 is 2.50 bits per heavy atom. The fraction of sp³-hybridized carbons (Fsp3) is 0.314. The van der Waals surface area contributed by atoms with Crippen LogP contribution in [0, 0.1) is 13.8 Å². The summed E-state index contributed by atoms with van der Waals surface area (Å²) in [6, 6.07) is 9.52. The number of alkyl halides is 3. The van der Waals surface area contributed by atoms with E-state index in [9.17, 15) is 32.7 Å². The van der Waals surface area contributed by atoms with Crippen LogP contribution >= 0.6 is 11.3 Å². The average Bonchev–Trinajstić information content (AvgIpc) is 3.46. The summed E-state index contributed by atoms with van der Waals surface area (Å²) in [5.41, 5.74) is 9.88. The van der Waals surface area contributed by atoms with E-state index in [1.165, 1.54) is 23.5 Å². The normalized spacial score (nSPS) is 16.0. The number of benzene rings is 2. The summed E-state index contributed by atoms with van der Waals surface area (Å²) in [4.78, 5) is 45.9. The lowest BCUT2D eigenvalue weighted by Crippen LogP contribution is -2.51. The molecule has 0 aliphatic carbocycles. The minimum absolute atomic E-state index is 0.00388. The Kier molecular flexibility index (Phi) is 9.01. The van der Waals surface area contributed by atoms with Crippen molar-refractivity contribution >= 4 is 34.8 Å². The fourth-order valence-electron chi connectivity index (χ4n) is 6.50. The second-order valence-corrected chi connectivity index (χ2v) is 12.9. The second kappa shape index (κ2) is 13.0. The van der Waals surface area contributed by atoms with E-state index in [0.717, 1.165) is 27.1 Å². The zero-order chi connectivity index (χ0) is 34.3. The van der Waals surface area contributed by atoms with Crippen LogP contribution in [-0.4, -0.2) is 58.1 Å². The molecule has 2 aliphatic rings. The number of fused-ring (bicyclic) bond motifs is 3. The lowest BCUT2D eigenvalue weighted by Gasteiger charge is -2.36. The minimum atomic E-state index is -4.64. The molecule has 0 unspecified atom stereocenters. The van der Waals surface area contributed by atoms with Crippen molar-refractivity contribution in [1.29, 1.82) is 0 Å². The first-order valence-corrected chi connectivity index (χ1v) is 16.4. The van der Waals surface area contributed by atoms with Gasteiger partial charge in [-0.3, -0.25) is 9.59 Å². The van der Waals surface area contributed by atoms with E-state index in [0.29, 0.717) is 54.3 Å². The summed E-state index contributed by atoms with van der Waals surface area (Å²) < 4.78 is 47.5. The van der Waals surface area contributed by atoms with Gasteiger partial charge in [0.15, 0.2) is 5.69 Å². The van der Waals surface area contributed by atoms with Crippen LogP contribution in [0.1, 0.15) is 72.9 Å². The monoisotopic (exact) mass is 678 g/mol. The first kappa shape index (κ1) is 33.2. The van der Waals surface area contributed by atoms with Gasteiger partial charge in [-0.2, -0.15) is 13.2 Å². The molecule has 4 N–H and O–H groups in total. The molecule has 4 aromatic rings. The van der Waals surface area contributed by atoms with Gasteiger partial charge in [-0.25, -0.2) is 9.78 Å². The maximum atomic E-state index is 14.2. The molecule has 48 heavy (non-hydrogen) atoms. The van der Waals surface area contributed by atoms with Crippen LogP contribution in [0.5, 0.6) is 5.75 Å². The van der Waals surface area contributed by atoms with E-state index >= 15 is 0 Å². The minimum Gasteiger partial charge on any atom is -0.493 e. The van der Waals surface area contributed by atoms with Crippen LogP contribution in [-0.2, 0) is 13.0 Å². The molecule has 4 heterocycles. The van der Waals surface area contributed by atoms with Crippen molar-refractivity contribution in [3.05, 3.63) is 87.0 Å². The molecule has 250 valence electrons. The predicted octanol–water partition coefficient (Wildman–Crippen LogP) is 7.00. The number of ether oxygens (including phenoxy) is 1. The second-order valence-electron chi connectivity index (χ2n) is 12.0. The Balaban J connectivity index is 1.48.